The number of benzene rings is 1. The van der Waals surface area contributed by atoms with Gasteiger partial charge < -0.3 is 0 Å². The largest absolute Gasteiger partial charge is 0.206 e. The van der Waals surface area contributed by atoms with Crippen LogP contribution in [0.2, 0.25) is 0 Å². The molecule has 1 aliphatic rings. The van der Waals surface area contributed by atoms with Gasteiger partial charge in [-0.2, -0.15) is 11.3 Å². The van der Waals surface area contributed by atoms with Gasteiger partial charge in [-0.3, -0.25) is 0 Å². The fraction of sp³-hybridized carbons (Fsp3) is 0.375. The monoisotopic (exact) mass is 288 g/mol. The smallest absolute Gasteiger partial charge is 0.135 e. The summed E-state index contributed by atoms with van der Waals surface area (Å²) in [5.74, 6) is -0.657. The lowest BCUT2D eigenvalue weighted by molar-refractivity contribution is 0.440. The number of rotatable bonds is 2. The topological polar surface area (TPSA) is 0 Å². The van der Waals surface area contributed by atoms with Crippen molar-refractivity contribution in [3.8, 4) is 10.4 Å². The summed E-state index contributed by atoms with van der Waals surface area (Å²) in [6.45, 7) is 0. The van der Waals surface area contributed by atoms with Crippen molar-refractivity contribution >= 4 is 24.0 Å². The van der Waals surface area contributed by atoms with E-state index >= 15 is 0 Å². The van der Waals surface area contributed by atoms with Crippen LogP contribution in [0.1, 0.15) is 43.6 Å². The molecule has 102 valence electrons. The molecule has 0 aliphatic heterocycles. The minimum atomic E-state index is -0.479. The van der Waals surface area contributed by atoms with Crippen molar-refractivity contribution < 1.29 is 8.78 Å². The lowest BCUT2D eigenvalue weighted by Crippen LogP contribution is -2.06. The Labute approximate surface area is 123 Å². The van der Waals surface area contributed by atoms with Gasteiger partial charge in [0.15, 0.2) is 0 Å². The second kappa shape index (κ2) is 5.68. The summed E-state index contributed by atoms with van der Waals surface area (Å²) in [6, 6.07) is 6.35. The molecule has 0 atom stereocenters. The fourth-order valence-electron chi connectivity index (χ4n) is 2.99. The number of hydrogen-bond donors (Lipinski definition) is 0. The predicted octanol–water partition coefficient (Wildman–Crippen LogP) is 4.53. The third-order valence-corrected chi connectivity index (χ3v) is 4.95. The first-order valence-corrected chi connectivity index (χ1v) is 7.81. The van der Waals surface area contributed by atoms with Gasteiger partial charge in [0.1, 0.15) is 19.5 Å². The summed E-state index contributed by atoms with van der Waals surface area (Å²) < 4.78 is 29.1. The fourth-order valence-corrected chi connectivity index (χ4v) is 3.81. The van der Waals surface area contributed by atoms with Gasteiger partial charge in [0.2, 0.25) is 0 Å². The normalized spacial score (nSPS) is 16.5. The Balaban J connectivity index is 1.98. The second-order valence-corrected chi connectivity index (χ2v) is 6.51. The highest BCUT2D eigenvalue weighted by Gasteiger charge is 2.20. The van der Waals surface area contributed by atoms with Crippen LogP contribution in [0.5, 0.6) is 0 Å². The highest BCUT2D eigenvalue weighted by Crippen LogP contribution is 2.36. The van der Waals surface area contributed by atoms with Gasteiger partial charge in [0, 0.05) is 4.88 Å². The minimum Gasteiger partial charge on any atom is -0.206 e. The Morgan fingerprint density at radius 2 is 1.65 bits per heavy atom. The van der Waals surface area contributed by atoms with E-state index < -0.39 is 11.6 Å². The standard InChI is InChI=1S/C16H15BF2S/c17-15-7-6-14(20-15)16-12(18)8-11(9-13(16)19)10-4-2-1-3-5-10/h6-10H,1-5H2. The van der Waals surface area contributed by atoms with Crippen LogP contribution in [0.4, 0.5) is 8.78 Å². The summed E-state index contributed by atoms with van der Waals surface area (Å²) in [5, 5.41) is 0. The van der Waals surface area contributed by atoms with Crippen LogP contribution in [-0.4, -0.2) is 7.85 Å². The molecule has 4 heteroatoms. The van der Waals surface area contributed by atoms with Gasteiger partial charge in [-0.15, -0.1) is 0 Å². The lowest BCUT2D eigenvalue weighted by Gasteiger charge is -2.22. The van der Waals surface area contributed by atoms with Gasteiger partial charge in [-0.1, -0.05) is 25.3 Å². The van der Waals surface area contributed by atoms with E-state index in [0.717, 1.165) is 31.2 Å². The Hall–Kier alpha value is -1.16. The van der Waals surface area contributed by atoms with Crippen LogP contribution >= 0.6 is 11.3 Å². The van der Waals surface area contributed by atoms with Gasteiger partial charge >= 0.3 is 0 Å². The Kier molecular flexibility index (Phi) is 3.93. The van der Waals surface area contributed by atoms with Crippen molar-refractivity contribution in [3.05, 3.63) is 41.5 Å². The molecule has 0 saturated heterocycles. The Morgan fingerprint density at radius 3 is 2.20 bits per heavy atom. The molecule has 0 nitrogen and oxygen atoms in total. The number of hydrogen-bond acceptors (Lipinski definition) is 1. The summed E-state index contributed by atoms with van der Waals surface area (Å²) in [4.78, 5) is 0.549. The average Bonchev–Trinajstić information content (AvgIpc) is 2.85. The highest BCUT2D eigenvalue weighted by atomic mass is 32.1. The van der Waals surface area contributed by atoms with Crippen molar-refractivity contribution in [1.29, 1.82) is 0 Å². The molecule has 2 aromatic rings. The van der Waals surface area contributed by atoms with Gasteiger partial charge in [-0.05, 0) is 47.3 Å². The van der Waals surface area contributed by atoms with E-state index in [-0.39, 0.29) is 5.56 Å². The van der Waals surface area contributed by atoms with Crippen molar-refractivity contribution in [2.75, 3.05) is 0 Å². The molecule has 1 aliphatic carbocycles. The molecule has 0 bridgehead atoms. The SMILES string of the molecule is [B]c1ccc(-c2c(F)cc(C3CCCCC3)cc2F)s1. The maximum absolute atomic E-state index is 14.3. The molecule has 1 aromatic carbocycles. The van der Waals surface area contributed by atoms with E-state index in [1.165, 1.54) is 29.9 Å². The molecule has 20 heavy (non-hydrogen) atoms. The number of halogens is 2. The van der Waals surface area contributed by atoms with Crippen LogP contribution in [0.15, 0.2) is 24.3 Å². The van der Waals surface area contributed by atoms with E-state index in [9.17, 15) is 8.78 Å². The van der Waals surface area contributed by atoms with Crippen molar-refractivity contribution in [2.45, 2.75) is 38.0 Å². The predicted molar refractivity (Wildman–Crippen MR) is 80.9 cm³/mol. The average molecular weight is 288 g/mol. The lowest BCUT2D eigenvalue weighted by atomic mass is 9.83. The second-order valence-electron chi connectivity index (χ2n) is 5.40. The van der Waals surface area contributed by atoms with Crippen molar-refractivity contribution in [2.24, 2.45) is 0 Å². The zero-order chi connectivity index (χ0) is 14.1. The molecule has 2 radical (unpaired) electrons. The summed E-state index contributed by atoms with van der Waals surface area (Å²) in [5.41, 5.74) is 0.847. The number of thiophene rings is 1. The van der Waals surface area contributed by atoms with Crippen LogP contribution in [0.3, 0.4) is 0 Å². The van der Waals surface area contributed by atoms with E-state index in [0.29, 0.717) is 15.6 Å². The Bertz CT molecular complexity index is 592. The molecule has 1 saturated carbocycles. The van der Waals surface area contributed by atoms with Crippen molar-refractivity contribution in [3.63, 3.8) is 0 Å². The van der Waals surface area contributed by atoms with Crippen LogP contribution in [0.25, 0.3) is 10.4 Å². The zero-order valence-corrected chi connectivity index (χ0v) is 12.0. The maximum atomic E-state index is 14.3. The Morgan fingerprint density at radius 1 is 1.00 bits per heavy atom. The van der Waals surface area contributed by atoms with E-state index in [2.05, 4.69) is 0 Å². The minimum absolute atomic E-state index is 0.0475. The first-order valence-electron chi connectivity index (χ1n) is 7.00. The molecule has 0 spiro atoms. The van der Waals surface area contributed by atoms with E-state index in [1.807, 2.05) is 0 Å². The molecule has 3 rings (SSSR count). The quantitative estimate of drug-likeness (QED) is 0.712. The molecule has 0 N–H and O–H groups in total. The van der Waals surface area contributed by atoms with Gasteiger partial charge in [0.05, 0.1) is 5.56 Å². The zero-order valence-electron chi connectivity index (χ0n) is 11.2. The molecule has 1 fully saturated rings. The van der Waals surface area contributed by atoms with E-state index in [4.69, 9.17) is 7.85 Å². The molecule has 1 aromatic heterocycles. The third kappa shape index (κ3) is 2.66. The van der Waals surface area contributed by atoms with Gasteiger partial charge in [-0.25, -0.2) is 8.78 Å². The molecular weight excluding hydrogens is 273 g/mol. The molecule has 1 heterocycles. The molecular formula is C16H15BF2S. The highest BCUT2D eigenvalue weighted by molar-refractivity contribution is 7.23. The third-order valence-electron chi connectivity index (χ3n) is 4.01. The first-order chi connectivity index (χ1) is 9.65. The van der Waals surface area contributed by atoms with Crippen molar-refractivity contribution in [1.82, 2.24) is 0 Å². The molecule has 0 amide bonds. The summed E-state index contributed by atoms with van der Waals surface area (Å²) in [7, 11) is 5.64. The van der Waals surface area contributed by atoms with Crippen LogP contribution < -0.4 is 4.78 Å². The molecule has 0 unspecified atom stereocenters. The van der Waals surface area contributed by atoms with Gasteiger partial charge in [0.25, 0.3) is 0 Å². The summed E-state index contributed by atoms with van der Waals surface area (Å²) >= 11 is 1.21. The first kappa shape index (κ1) is 13.8. The van der Waals surface area contributed by atoms with Crippen LogP contribution in [-0.2, 0) is 0 Å². The maximum Gasteiger partial charge on any atom is 0.135 e. The van der Waals surface area contributed by atoms with E-state index in [1.54, 1.807) is 12.1 Å². The van der Waals surface area contributed by atoms with Crippen LogP contribution in [0, 0.1) is 11.6 Å². The summed E-state index contributed by atoms with van der Waals surface area (Å²) in [6.07, 6.45) is 5.59.